The van der Waals surface area contributed by atoms with E-state index in [0.717, 1.165) is 18.4 Å². The van der Waals surface area contributed by atoms with Gasteiger partial charge in [0.2, 0.25) is 15.9 Å². The second kappa shape index (κ2) is 6.24. The van der Waals surface area contributed by atoms with Crippen molar-refractivity contribution in [1.82, 2.24) is 4.31 Å². The molecule has 1 aromatic carbocycles. The highest BCUT2D eigenvalue weighted by molar-refractivity contribution is 7.89. The van der Waals surface area contributed by atoms with Gasteiger partial charge in [-0.05, 0) is 30.5 Å². The van der Waals surface area contributed by atoms with Crippen LogP contribution in [0, 0.1) is 11.3 Å². The molecule has 6 nitrogen and oxygen atoms in total. The van der Waals surface area contributed by atoms with Crippen LogP contribution in [0.25, 0.3) is 0 Å². The van der Waals surface area contributed by atoms with Crippen LogP contribution in [0.5, 0.6) is 0 Å². The first-order chi connectivity index (χ1) is 9.96. The predicted octanol–water partition coefficient (Wildman–Crippen LogP) is 0.781. The number of nitrogens with two attached hydrogens (primary N) is 1. The zero-order valence-corrected chi connectivity index (χ0v) is 12.3. The van der Waals surface area contributed by atoms with Crippen LogP contribution in [0.2, 0.25) is 0 Å². The summed E-state index contributed by atoms with van der Waals surface area (Å²) in [7, 11) is -3.74. The molecule has 2 N–H and O–H groups in total. The highest BCUT2D eigenvalue weighted by atomic mass is 32.2. The van der Waals surface area contributed by atoms with E-state index in [2.05, 4.69) is 0 Å². The first-order valence-electron chi connectivity index (χ1n) is 6.74. The first-order valence-corrected chi connectivity index (χ1v) is 8.18. The maximum absolute atomic E-state index is 12.6. The van der Waals surface area contributed by atoms with Crippen molar-refractivity contribution in [1.29, 1.82) is 5.26 Å². The van der Waals surface area contributed by atoms with Crippen LogP contribution in [0.3, 0.4) is 0 Å². The minimum absolute atomic E-state index is 0.123. The monoisotopic (exact) mass is 307 g/mol. The number of sulfonamides is 1. The van der Waals surface area contributed by atoms with Gasteiger partial charge in [-0.2, -0.15) is 9.57 Å². The summed E-state index contributed by atoms with van der Waals surface area (Å²) in [5, 5.41) is 8.62. The minimum Gasteiger partial charge on any atom is -0.368 e. The predicted molar refractivity (Wildman–Crippen MR) is 76.5 cm³/mol. The quantitative estimate of drug-likeness (QED) is 0.887. The summed E-state index contributed by atoms with van der Waals surface area (Å²) < 4.78 is 26.4. The fourth-order valence-corrected chi connectivity index (χ4v) is 4.15. The third-order valence-corrected chi connectivity index (χ3v) is 5.52. The Morgan fingerprint density at radius 2 is 2.00 bits per heavy atom. The van der Waals surface area contributed by atoms with E-state index in [-0.39, 0.29) is 11.3 Å². The number of carbonyl (C=O) groups excluding carboxylic acids is 1. The van der Waals surface area contributed by atoms with Gasteiger partial charge in [-0.25, -0.2) is 8.42 Å². The van der Waals surface area contributed by atoms with Crippen molar-refractivity contribution >= 4 is 15.9 Å². The highest BCUT2D eigenvalue weighted by Crippen LogP contribution is 2.25. The van der Waals surface area contributed by atoms with E-state index in [1.807, 2.05) is 6.07 Å². The lowest BCUT2D eigenvalue weighted by atomic mass is 10.0. The van der Waals surface area contributed by atoms with E-state index < -0.39 is 22.0 Å². The van der Waals surface area contributed by atoms with Crippen molar-refractivity contribution in [2.24, 2.45) is 5.73 Å². The molecule has 1 unspecified atom stereocenters. The number of primary amides is 1. The van der Waals surface area contributed by atoms with E-state index in [1.165, 1.54) is 16.4 Å². The molecule has 0 spiro atoms. The van der Waals surface area contributed by atoms with Crippen LogP contribution < -0.4 is 5.73 Å². The van der Waals surface area contributed by atoms with E-state index in [9.17, 15) is 13.2 Å². The summed E-state index contributed by atoms with van der Waals surface area (Å²) in [6.45, 7) is 0.301. The number of nitriles is 1. The Labute approximate surface area is 124 Å². The third kappa shape index (κ3) is 3.23. The molecule has 0 aliphatic carbocycles. The van der Waals surface area contributed by atoms with E-state index in [4.69, 9.17) is 11.0 Å². The van der Waals surface area contributed by atoms with Gasteiger partial charge >= 0.3 is 0 Å². The van der Waals surface area contributed by atoms with E-state index in [0.29, 0.717) is 13.0 Å². The molecule has 0 bridgehead atoms. The fraction of sp³-hybridized carbons (Fsp3) is 0.429. The first kappa shape index (κ1) is 15.5. The van der Waals surface area contributed by atoms with Gasteiger partial charge in [0.25, 0.3) is 0 Å². The van der Waals surface area contributed by atoms with Gasteiger partial charge < -0.3 is 5.73 Å². The molecule has 0 saturated carbocycles. The average molecular weight is 307 g/mol. The Bertz CT molecular complexity index is 662. The maximum Gasteiger partial charge on any atom is 0.243 e. The van der Waals surface area contributed by atoms with Crippen LogP contribution in [-0.4, -0.2) is 31.2 Å². The lowest BCUT2D eigenvalue weighted by molar-refractivity contribution is -0.122. The number of rotatable bonds is 4. The molecule has 2 rings (SSSR count). The van der Waals surface area contributed by atoms with Crippen LogP contribution in [-0.2, 0) is 21.2 Å². The summed E-state index contributed by atoms with van der Waals surface area (Å²) in [6, 6.07) is 7.39. The Morgan fingerprint density at radius 1 is 1.33 bits per heavy atom. The second-order valence-electron chi connectivity index (χ2n) is 5.01. The number of benzene rings is 1. The van der Waals surface area contributed by atoms with Crippen molar-refractivity contribution < 1.29 is 13.2 Å². The van der Waals surface area contributed by atoms with Gasteiger partial charge in [-0.1, -0.05) is 18.6 Å². The summed E-state index contributed by atoms with van der Waals surface area (Å²) >= 11 is 0. The molecule has 1 fully saturated rings. The Balaban J connectivity index is 2.31. The highest BCUT2D eigenvalue weighted by Gasteiger charge is 2.36. The molecule has 1 amide bonds. The molecule has 112 valence electrons. The smallest absolute Gasteiger partial charge is 0.243 e. The molecule has 1 aliphatic rings. The van der Waals surface area contributed by atoms with Gasteiger partial charge in [0.05, 0.1) is 17.4 Å². The molecule has 1 aromatic rings. The van der Waals surface area contributed by atoms with E-state index >= 15 is 0 Å². The van der Waals surface area contributed by atoms with Crippen molar-refractivity contribution in [3.05, 3.63) is 29.8 Å². The molecular weight excluding hydrogens is 290 g/mol. The van der Waals surface area contributed by atoms with Crippen molar-refractivity contribution in [3.8, 4) is 6.07 Å². The van der Waals surface area contributed by atoms with Crippen LogP contribution >= 0.6 is 0 Å². The van der Waals surface area contributed by atoms with Crippen LogP contribution in [0.4, 0.5) is 0 Å². The third-order valence-electron chi connectivity index (χ3n) is 3.60. The molecule has 0 radical (unpaired) electrons. The Morgan fingerprint density at radius 3 is 2.57 bits per heavy atom. The van der Waals surface area contributed by atoms with Gasteiger partial charge in [-0.3, -0.25) is 4.79 Å². The van der Waals surface area contributed by atoms with E-state index in [1.54, 1.807) is 12.1 Å². The summed E-state index contributed by atoms with van der Waals surface area (Å²) in [4.78, 5) is 11.6. The van der Waals surface area contributed by atoms with Crippen molar-refractivity contribution in [2.45, 2.75) is 36.6 Å². The fourth-order valence-electron chi connectivity index (χ4n) is 2.48. The number of hydrogen-bond acceptors (Lipinski definition) is 4. The van der Waals surface area contributed by atoms with Crippen LogP contribution in [0.1, 0.15) is 24.8 Å². The Kier molecular flexibility index (Phi) is 4.60. The SMILES string of the molecule is N#CCc1ccc(S(=O)(=O)N2CCCCC2C(N)=O)cc1. The zero-order chi connectivity index (χ0) is 15.5. The summed E-state index contributed by atoms with van der Waals surface area (Å²) in [6.07, 6.45) is 2.20. The van der Waals surface area contributed by atoms with Gasteiger partial charge in [0.15, 0.2) is 0 Å². The van der Waals surface area contributed by atoms with Gasteiger partial charge in [0, 0.05) is 6.54 Å². The lowest BCUT2D eigenvalue weighted by Crippen LogP contribution is -2.50. The van der Waals surface area contributed by atoms with Gasteiger partial charge in [-0.15, -0.1) is 0 Å². The topological polar surface area (TPSA) is 104 Å². The summed E-state index contributed by atoms with van der Waals surface area (Å²) in [5.74, 6) is -0.612. The number of amides is 1. The van der Waals surface area contributed by atoms with Gasteiger partial charge in [0.1, 0.15) is 6.04 Å². The lowest BCUT2D eigenvalue weighted by Gasteiger charge is -2.32. The molecule has 21 heavy (non-hydrogen) atoms. The second-order valence-corrected chi connectivity index (χ2v) is 6.90. The largest absolute Gasteiger partial charge is 0.368 e. The van der Waals surface area contributed by atoms with Crippen LogP contribution in [0.15, 0.2) is 29.2 Å². The number of piperidine rings is 1. The van der Waals surface area contributed by atoms with Crippen molar-refractivity contribution in [3.63, 3.8) is 0 Å². The molecule has 1 saturated heterocycles. The Hall–Kier alpha value is -1.91. The molecule has 1 atom stereocenters. The standard InChI is InChI=1S/C14H17N3O3S/c15-9-8-11-4-6-12(7-5-11)21(19,20)17-10-2-1-3-13(17)14(16)18/h4-7,13H,1-3,8,10H2,(H2,16,18). The minimum atomic E-state index is -3.74. The normalized spacial score (nSPS) is 19.9. The summed E-state index contributed by atoms with van der Waals surface area (Å²) in [5.41, 5.74) is 6.07. The number of nitrogens with zero attached hydrogens (tertiary/aromatic N) is 2. The maximum atomic E-state index is 12.6. The molecule has 0 aromatic heterocycles. The molecular formula is C14H17N3O3S. The molecule has 1 heterocycles. The van der Waals surface area contributed by atoms with Crippen molar-refractivity contribution in [2.75, 3.05) is 6.54 Å². The average Bonchev–Trinajstić information content (AvgIpc) is 2.48. The number of carbonyl (C=O) groups is 1. The molecule has 7 heteroatoms. The zero-order valence-electron chi connectivity index (χ0n) is 11.5. The number of hydrogen-bond donors (Lipinski definition) is 1. The molecule has 1 aliphatic heterocycles.